The number of nitrogens with zero attached hydrogens (tertiary/aromatic N) is 2. The largest absolute Gasteiger partial charge is 0.497 e. The monoisotopic (exact) mass is 415 g/mol. The van der Waals surface area contributed by atoms with Gasteiger partial charge >= 0.3 is 6.01 Å². The first-order valence-corrected chi connectivity index (χ1v) is 8.71. The van der Waals surface area contributed by atoms with Crippen molar-refractivity contribution >= 4 is 11.9 Å². The van der Waals surface area contributed by atoms with E-state index < -0.39 is 5.91 Å². The zero-order valence-electron chi connectivity index (χ0n) is 17.1. The zero-order chi connectivity index (χ0) is 21.7. The van der Waals surface area contributed by atoms with E-state index in [9.17, 15) is 4.79 Å². The zero-order valence-corrected chi connectivity index (χ0v) is 17.1. The molecule has 0 saturated heterocycles. The molecular formula is C20H21N3O7. The molecule has 1 N–H and O–H groups in total. The summed E-state index contributed by atoms with van der Waals surface area (Å²) in [7, 11) is 7.48. The highest BCUT2D eigenvalue weighted by molar-refractivity contribution is 6.04. The molecule has 0 spiro atoms. The number of methoxy groups -OCH3 is 5. The van der Waals surface area contributed by atoms with Gasteiger partial charge < -0.3 is 28.1 Å². The van der Waals surface area contributed by atoms with Gasteiger partial charge in [-0.1, -0.05) is 5.10 Å². The Hall–Kier alpha value is -3.95. The van der Waals surface area contributed by atoms with Crippen LogP contribution < -0.4 is 29.0 Å². The second-order valence-electron chi connectivity index (χ2n) is 5.88. The molecule has 1 aromatic heterocycles. The van der Waals surface area contributed by atoms with Crippen molar-refractivity contribution in [1.82, 2.24) is 10.2 Å². The van der Waals surface area contributed by atoms with E-state index in [2.05, 4.69) is 15.5 Å². The van der Waals surface area contributed by atoms with Crippen LogP contribution in [0.4, 0.5) is 6.01 Å². The summed E-state index contributed by atoms with van der Waals surface area (Å²) in [6.07, 6.45) is 0. The average Bonchev–Trinajstić information content (AvgIpc) is 3.25. The number of hydrogen-bond acceptors (Lipinski definition) is 9. The molecule has 10 nitrogen and oxygen atoms in total. The first kappa shape index (κ1) is 20.8. The molecule has 0 aliphatic carbocycles. The number of carbonyl (C=O) groups is 1. The van der Waals surface area contributed by atoms with Gasteiger partial charge in [-0.15, -0.1) is 5.10 Å². The summed E-state index contributed by atoms with van der Waals surface area (Å²) in [5.41, 5.74) is 0.833. The Morgan fingerprint density at radius 3 is 1.90 bits per heavy atom. The van der Waals surface area contributed by atoms with Gasteiger partial charge in [-0.3, -0.25) is 10.1 Å². The molecule has 0 fully saturated rings. The van der Waals surface area contributed by atoms with Crippen molar-refractivity contribution in [2.45, 2.75) is 0 Å². The van der Waals surface area contributed by atoms with Gasteiger partial charge in [0.15, 0.2) is 11.5 Å². The lowest BCUT2D eigenvalue weighted by molar-refractivity contribution is 0.102. The smallest absolute Gasteiger partial charge is 0.322 e. The van der Waals surface area contributed by atoms with Crippen LogP contribution in [-0.2, 0) is 0 Å². The minimum Gasteiger partial charge on any atom is -0.497 e. The standard InChI is InChI=1S/C20H21N3O7/c1-25-13-6-12(7-14(10-13)26-2)19-22-23-20(30-19)21-18(24)11-8-15(27-3)17(29-5)16(9-11)28-4/h6-10H,1-5H3,(H,21,23,24). The lowest BCUT2D eigenvalue weighted by atomic mass is 10.1. The predicted molar refractivity (Wildman–Crippen MR) is 107 cm³/mol. The van der Waals surface area contributed by atoms with Crippen molar-refractivity contribution < 1.29 is 32.9 Å². The topological polar surface area (TPSA) is 114 Å². The Morgan fingerprint density at radius 2 is 1.40 bits per heavy atom. The molecule has 0 aliphatic heterocycles. The average molecular weight is 415 g/mol. The number of carbonyl (C=O) groups excluding carboxylic acids is 1. The molecule has 0 atom stereocenters. The van der Waals surface area contributed by atoms with Crippen molar-refractivity contribution in [2.75, 3.05) is 40.9 Å². The van der Waals surface area contributed by atoms with Crippen molar-refractivity contribution in [1.29, 1.82) is 0 Å². The summed E-state index contributed by atoms with van der Waals surface area (Å²) < 4.78 is 31.8. The molecule has 158 valence electrons. The Labute approximate surface area is 172 Å². The van der Waals surface area contributed by atoms with Gasteiger partial charge in [0.25, 0.3) is 5.91 Å². The molecule has 1 heterocycles. The van der Waals surface area contributed by atoms with Crippen LogP contribution in [0.2, 0.25) is 0 Å². The number of nitrogens with one attached hydrogen (secondary N) is 1. The van der Waals surface area contributed by atoms with E-state index in [0.717, 1.165) is 0 Å². The molecule has 10 heteroatoms. The molecule has 30 heavy (non-hydrogen) atoms. The van der Waals surface area contributed by atoms with Gasteiger partial charge in [0.05, 0.1) is 35.5 Å². The van der Waals surface area contributed by atoms with Crippen LogP contribution in [-0.4, -0.2) is 51.7 Å². The highest BCUT2D eigenvalue weighted by Crippen LogP contribution is 2.38. The van der Waals surface area contributed by atoms with E-state index in [4.69, 9.17) is 28.1 Å². The maximum Gasteiger partial charge on any atom is 0.322 e. The number of aromatic nitrogens is 2. The molecule has 0 bridgehead atoms. The number of rotatable bonds is 8. The van der Waals surface area contributed by atoms with Gasteiger partial charge in [-0.25, -0.2) is 0 Å². The maximum absolute atomic E-state index is 12.7. The van der Waals surface area contributed by atoms with E-state index in [0.29, 0.717) is 34.3 Å². The van der Waals surface area contributed by atoms with Crippen molar-refractivity contribution in [3.05, 3.63) is 35.9 Å². The third kappa shape index (κ3) is 4.22. The van der Waals surface area contributed by atoms with Gasteiger partial charge in [-0.05, 0) is 24.3 Å². The van der Waals surface area contributed by atoms with Crippen molar-refractivity contribution in [3.8, 4) is 40.2 Å². The molecule has 2 aromatic carbocycles. The summed E-state index contributed by atoms with van der Waals surface area (Å²) >= 11 is 0. The van der Waals surface area contributed by atoms with E-state index in [-0.39, 0.29) is 17.5 Å². The van der Waals surface area contributed by atoms with E-state index in [1.165, 1.54) is 47.7 Å². The second-order valence-corrected chi connectivity index (χ2v) is 5.88. The van der Waals surface area contributed by atoms with Crippen LogP contribution in [0.3, 0.4) is 0 Å². The molecule has 0 saturated carbocycles. The minimum atomic E-state index is -0.493. The van der Waals surface area contributed by atoms with E-state index >= 15 is 0 Å². The minimum absolute atomic E-state index is 0.0782. The molecule has 0 unspecified atom stereocenters. The molecule has 0 aliphatic rings. The van der Waals surface area contributed by atoms with E-state index in [1.807, 2.05) is 0 Å². The molecule has 1 amide bonds. The lowest BCUT2D eigenvalue weighted by Gasteiger charge is -2.13. The molecular weight excluding hydrogens is 394 g/mol. The van der Waals surface area contributed by atoms with Crippen molar-refractivity contribution in [3.63, 3.8) is 0 Å². The fourth-order valence-electron chi connectivity index (χ4n) is 2.70. The second kappa shape index (κ2) is 9.03. The first-order chi connectivity index (χ1) is 14.5. The Kier molecular flexibility index (Phi) is 6.26. The van der Waals surface area contributed by atoms with Crippen molar-refractivity contribution in [2.24, 2.45) is 0 Å². The van der Waals surface area contributed by atoms with Gasteiger partial charge in [0.2, 0.25) is 11.6 Å². The third-order valence-corrected chi connectivity index (χ3v) is 4.17. The Bertz CT molecular complexity index is 1000. The number of anilines is 1. The summed E-state index contributed by atoms with van der Waals surface area (Å²) in [5.74, 6) is 1.88. The highest BCUT2D eigenvalue weighted by atomic mass is 16.5. The first-order valence-electron chi connectivity index (χ1n) is 8.71. The maximum atomic E-state index is 12.7. The van der Waals surface area contributed by atoms with Crippen LogP contribution in [0.5, 0.6) is 28.7 Å². The number of benzene rings is 2. The lowest BCUT2D eigenvalue weighted by Crippen LogP contribution is -2.13. The van der Waals surface area contributed by atoms with Crippen LogP contribution in [0.15, 0.2) is 34.7 Å². The summed E-state index contributed by atoms with van der Waals surface area (Å²) in [4.78, 5) is 12.7. The molecule has 3 aromatic rings. The number of hydrogen-bond donors (Lipinski definition) is 1. The van der Waals surface area contributed by atoms with Gasteiger partial charge in [0.1, 0.15) is 11.5 Å². The Balaban J connectivity index is 1.85. The van der Waals surface area contributed by atoms with Crippen LogP contribution in [0.1, 0.15) is 10.4 Å². The molecule has 3 rings (SSSR count). The number of ether oxygens (including phenoxy) is 5. The van der Waals surface area contributed by atoms with Crippen LogP contribution in [0, 0.1) is 0 Å². The Morgan fingerprint density at radius 1 is 0.800 bits per heavy atom. The fourth-order valence-corrected chi connectivity index (χ4v) is 2.70. The summed E-state index contributed by atoms with van der Waals surface area (Å²) in [6, 6.07) is 8.08. The van der Waals surface area contributed by atoms with E-state index in [1.54, 1.807) is 18.2 Å². The highest BCUT2D eigenvalue weighted by Gasteiger charge is 2.19. The fraction of sp³-hybridized carbons (Fsp3) is 0.250. The normalized spacial score (nSPS) is 10.3. The summed E-state index contributed by atoms with van der Waals surface area (Å²) in [5, 5.41) is 10.4. The van der Waals surface area contributed by atoms with Gasteiger partial charge in [-0.2, -0.15) is 0 Å². The quantitative estimate of drug-likeness (QED) is 0.593. The number of amides is 1. The summed E-state index contributed by atoms with van der Waals surface area (Å²) in [6.45, 7) is 0. The predicted octanol–water partition coefficient (Wildman–Crippen LogP) is 3.03. The van der Waals surface area contributed by atoms with Gasteiger partial charge in [0, 0.05) is 17.2 Å². The SMILES string of the molecule is COc1cc(OC)cc(-c2nnc(NC(=O)c3cc(OC)c(OC)c(OC)c3)o2)c1. The third-order valence-electron chi connectivity index (χ3n) is 4.17. The van der Waals surface area contributed by atoms with Crippen LogP contribution in [0.25, 0.3) is 11.5 Å². The van der Waals surface area contributed by atoms with Crippen LogP contribution >= 0.6 is 0 Å². The molecule has 0 radical (unpaired) electrons.